The van der Waals surface area contributed by atoms with Crippen molar-refractivity contribution in [3.05, 3.63) is 94.3 Å². The number of ether oxygens (including phenoxy) is 2. The molecule has 1 fully saturated rings. The van der Waals surface area contributed by atoms with Crippen molar-refractivity contribution in [1.29, 1.82) is 0 Å². The standard InChI is InChI=1S/C31H29ClN4O5S2/c1-3-4-5-16-41-23-11-8-21(17-24(23)40-2)26-25(27(37)20-12-14-33-15-13-20)28(38)29(39)36(26)30-34-35-31(43-30)42-18-19-6-9-22(32)10-7-19/h6-15,17,26,37H,3-5,16,18H2,1-2H3. The lowest BCUT2D eigenvalue weighted by Gasteiger charge is -2.23. The SMILES string of the molecule is CCCCCOc1ccc(C2C(=C(O)c3ccncc3)C(=O)C(=O)N2c2nnc(SCc3ccc(Cl)cc3)s2)cc1OC. The van der Waals surface area contributed by atoms with Gasteiger partial charge in [0.25, 0.3) is 5.78 Å². The predicted octanol–water partition coefficient (Wildman–Crippen LogP) is 7.08. The van der Waals surface area contributed by atoms with E-state index in [1.807, 2.05) is 24.3 Å². The van der Waals surface area contributed by atoms with Crippen molar-refractivity contribution >= 4 is 57.3 Å². The van der Waals surface area contributed by atoms with Gasteiger partial charge in [-0.3, -0.25) is 19.5 Å². The molecule has 4 aromatic rings. The minimum Gasteiger partial charge on any atom is -0.507 e. The molecule has 1 N–H and O–H groups in total. The quantitative estimate of drug-likeness (QED) is 0.0435. The van der Waals surface area contributed by atoms with Crippen LogP contribution in [0.15, 0.2) is 76.9 Å². The average molecular weight is 637 g/mol. The lowest BCUT2D eigenvalue weighted by atomic mass is 9.95. The number of rotatable bonds is 12. The third kappa shape index (κ3) is 6.84. The Bertz CT molecular complexity index is 1630. The first-order valence-electron chi connectivity index (χ1n) is 13.6. The molecule has 1 aliphatic rings. The minimum atomic E-state index is -0.988. The largest absolute Gasteiger partial charge is 0.507 e. The molecule has 0 saturated carbocycles. The summed E-state index contributed by atoms with van der Waals surface area (Å²) >= 11 is 8.65. The Morgan fingerprint density at radius 3 is 2.53 bits per heavy atom. The first kappa shape index (κ1) is 30.5. The van der Waals surface area contributed by atoms with Gasteiger partial charge in [0, 0.05) is 28.7 Å². The van der Waals surface area contributed by atoms with E-state index in [0.717, 1.165) is 24.8 Å². The van der Waals surface area contributed by atoms with Crippen molar-refractivity contribution in [2.45, 2.75) is 42.3 Å². The Hall–Kier alpha value is -3.93. The van der Waals surface area contributed by atoms with E-state index in [9.17, 15) is 14.7 Å². The Balaban J connectivity index is 1.52. The van der Waals surface area contributed by atoms with Crippen molar-refractivity contribution < 1.29 is 24.2 Å². The number of aliphatic hydroxyl groups excluding tert-OH is 1. The van der Waals surface area contributed by atoms with Crippen LogP contribution in [0.25, 0.3) is 5.76 Å². The number of unbranched alkanes of at least 4 members (excludes halogenated alkanes) is 2. The predicted molar refractivity (Wildman–Crippen MR) is 168 cm³/mol. The summed E-state index contributed by atoms with van der Waals surface area (Å²) in [6, 6.07) is 14.9. The maximum atomic E-state index is 13.6. The van der Waals surface area contributed by atoms with Crippen LogP contribution >= 0.6 is 34.7 Å². The van der Waals surface area contributed by atoms with Crippen molar-refractivity contribution in [2.24, 2.45) is 0 Å². The molecule has 1 aliphatic heterocycles. The molecule has 0 radical (unpaired) electrons. The minimum absolute atomic E-state index is 0.0690. The number of nitrogens with zero attached hydrogens (tertiary/aromatic N) is 4. The zero-order chi connectivity index (χ0) is 30.3. The summed E-state index contributed by atoms with van der Waals surface area (Å²) in [4.78, 5) is 32.4. The van der Waals surface area contributed by atoms with E-state index in [0.29, 0.717) is 44.3 Å². The first-order chi connectivity index (χ1) is 20.9. The highest BCUT2D eigenvalue weighted by Gasteiger charge is 2.48. The number of aliphatic hydroxyl groups is 1. The number of hydrogen-bond donors (Lipinski definition) is 1. The number of Topliss-reactive ketones (excluding diaryl/α,β-unsaturated/α-hetero) is 1. The smallest absolute Gasteiger partial charge is 0.301 e. The number of methoxy groups -OCH3 is 1. The molecule has 1 saturated heterocycles. The zero-order valence-corrected chi connectivity index (χ0v) is 25.9. The normalized spacial score (nSPS) is 16.1. The van der Waals surface area contributed by atoms with Crippen LogP contribution in [0, 0.1) is 0 Å². The topological polar surface area (TPSA) is 115 Å². The Labute approximate surface area is 262 Å². The lowest BCUT2D eigenvalue weighted by molar-refractivity contribution is -0.132. The first-order valence-corrected chi connectivity index (χ1v) is 15.8. The maximum absolute atomic E-state index is 13.6. The van der Waals surface area contributed by atoms with Crippen molar-refractivity contribution in [1.82, 2.24) is 15.2 Å². The van der Waals surface area contributed by atoms with Crippen molar-refractivity contribution in [2.75, 3.05) is 18.6 Å². The maximum Gasteiger partial charge on any atom is 0.301 e. The molecule has 1 unspecified atom stereocenters. The van der Waals surface area contributed by atoms with Crippen LogP contribution in [0.5, 0.6) is 11.5 Å². The second-order valence-corrected chi connectivity index (χ2v) is 12.3. The summed E-state index contributed by atoms with van der Waals surface area (Å²) in [5.74, 6) is -0.347. The van der Waals surface area contributed by atoms with E-state index in [1.165, 1.54) is 47.5 Å². The molecule has 1 amide bonds. The fourth-order valence-corrected chi connectivity index (χ4v) is 6.55. The highest BCUT2D eigenvalue weighted by molar-refractivity contribution is 8.00. The van der Waals surface area contributed by atoms with E-state index in [-0.39, 0.29) is 16.5 Å². The van der Waals surface area contributed by atoms with Crippen LogP contribution in [-0.4, -0.2) is 45.7 Å². The molecule has 0 aliphatic carbocycles. The van der Waals surface area contributed by atoms with Crippen LogP contribution < -0.4 is 14.4 Å². The molecule has 5 rings (SSSR count). The van der Waals surface area contributed by atoms with Crippen LogP contribution in [0.2, 0.25) is 5.02 Å². The Morgan fingerprint density at radius 2 is 1.81 bits per heavy atom. The van der Waals surface area contributed by atoms with Crippen molar-refractivity contribution in [3.8, 4) is 11.5 Å². The number of halogens is 1. The summed E-state index contributed by atoms with van der Waals surface area (Å²) in [5, 5.41) is 20.8. The molecule has 3 heterocycles. The summed E-state index contributed by atoms with van der Waals surface area (Å²) in [6.07, 6.45) is 6.03. The van der Waals surface area contributed by atoms with Gasteiger partial charge in [0.15, 0.2) is 15.8 Å². The molecular formula is C31H29ClN4O5S2. The molecule has 12 heteroatoms. The van der Waals surface area contributed by atoms with Crippen LogP contribution in [-0.2, 0) is 15.3 Å². The molecule has 222 valence electrons. The van der Waals surface area contributed by atoms with Crippen LogP contribution in [0.3, 0.4) is 0 Å². The van der Waals surface area contributed by atoms with Gasteiger partial charge >= 0.3 is 5.91 Å². The number of carbonyl (C=O) groups is 2. The number of carbonyl (C=O) groups excluding carboxylic acids is 2. The van der Waals surface area contributed by atoms with Gasteiger partial charge in [-0.25, -0.2) is 0 Å². The third-order valence-corrected chi connectivity index (χ3v) is 9.16. The van der Waals surface area contributed by atoms with Gasteiger partial charge in [0.05, 0.1) is 25.3 Å². The van der Waals surface area contributed by atoms with E-state index in [1.54, 1.807) is 30.3 Å². The van der Waals surface area contributed by atoms with Gasteiger partial charge in [-0.1, -0.05) is 72.7 Å². The number of ketones is 1. The number of aromatic nitrogens is 3. The van der Waals surface area contributed by atoms with E-state index in [4.69, 9.17) is 21.1 Å². The van der Waals surface area contributed by atoms with Gasteiger partial charge in [0.1, 0.15) is 5.76 Å². The Kier molecular flexibility index (Phi) is 9.96. The number of pyridine rings is 1. The summed E-state index contributed by atoms with van der Waals surface area (Å²) in [6.45, 7) is 2.66. The summed E-state index contributed by atoms with van der Waals surface area (Å²) in [7, 11) is 1.53. The molecule has 0 bridgehead atoms. The monoisotopic (exact) mass is 636 g/mol. The number of amides is 1. The number of hydrogen-bond acceptors (Lipinski definition) is 10. The molecule has 9 nitrogen and oxygen atoms in total. The zero-order valence-electron chi connectivity index (χ0n) is 23.5. The number of thioether (sulfide) groups is 1. The summed E-state index contributed by atoms with van der Waals surface area (Å²) < 4.78 is 12.2. The molecule has 0 spiro atoms. The second kappa shape index (κ2) is 14.0. The summed E-state index contributed by atoms with van der Waals surface area (Å²) in [5.41, 5.74) is 1.88. The average Bonchev–Trinajstić information content (AvgIpc) is 3.60. The molecule has 1 atom stereocenters. The van der Waals surface area contributed by atoms with Crippen LogP contribution in [0.1, 0.15) is 48.9 Å². The fourth-order valence-electron chi connectivity index (χ4n) is 4.60. The fraction of sp³-hybridized carbons (Fsp3) is 0.258. The molecule has 2 aromatic carbocycles. The Morgan fingerprint density at radius 1 is 1.05 bits per heavy atom. The van der Waals surface area contributed by atoms with E-state index < -0.39 is 17.7 Å². The molecule has 2 aromatic heterocycles. The number of benzene rings is 2. The van der Waals surface area contributed by atoms with E-state index in [2.05, 4.69) is 22.1 Å². The van der Waals surface area contributed by atoms with Gasteiger partial charge in [-0.2, -0.15) is 0 Å². The lowest BCUT2D eigenvalue weighted by Crippen LogP contribution is -2.29. The van der Waals surface area contributed by atoms with Crippen molar-refractivity contribution in [3.63, 3.8) is 0 Å². The highest BCUT2D eigenvalue weighted by Crippen LogP contribution is 2.45. The highest BCUT2D eigenvalue weighted by atomic mass is 35.5. The van der Waals surface area contributed by atoms with E-state index >= 15 is 0 Å². The third-order valence-electron chi connectivity index (χ3n) is 6.78. The van der Waals surface area contributed by atoms with Gasteiger partial charge in [-0.05, 0) is 53.9 Å². The molecular weight excluding hydrogens is 608 g/mol. The van der Waals surface area contributed by atoms with Gasteiger partial charge < -0.3 is 14.6 Å². The van der Waals surface area contributed by atoms with Gasteiger partial charge in [0.2, 0.25) is 5.13 Å². The number of anilines is 1. The van der Waals surface area contributed by atoms with Crippen LogP contribution in [0.4, 0.5) is 5.13 Å². The van der Waals surface area contributed by atoms with Gasteiger partial charge in [-0.15, -0.1) is 10.2 Å². The molecule has 43 heavy (non-hydrogen) atoms. The second-order valence-electron chi connectivity index (χ2n) is 9.64.